The van der Waals surface area contributed by atoms with Crippen molar-refractivity contribution in [3.05, 3.63) is 180 Å². The van der Waals surface area contributed by atoms with E-state index in [1.165, 1.54) is 82.4 Å². The first kappa shape index (κ1) is 30.2. The molecule has 0 atom stereocenters. The van der Waals surface area contributed by atoms with Crippen molar-refractivity contribution in [2.45, 2.75) is 26.2 Å². The largest absolute Gasteiger partial charge is 0.455 e. The van der Waals surface area contributed by atoms with E-state index in [1.807, 2.05) is 0 Å². The monoisotopic (exact) mass is 676 g/mol. The molecule has 1 aliphatic carbocycles. The third kappa shape index (κ3) is 4.31. The molecule has 0 saturated heterocycles. The molecule has 0 fully saturated rings. The maximum Gasteiger partial charge on any atom is 0.143 e. The second-order valence-corrected chi connectivity index (χ2v) is 15.3. The lowest BCUT2D eigenvalue weighted by atomic mass is 9.80. The number of rotatable bonds is 3. The predicted octanol–water partition coefficient (Wildman–Crippen LogP) is 14.7. The molecular weight excluding hydrogens is 641 g/mol. The van der Waals surface area contributed by atoms with Gasteiger partial charge in [0, 0.05) is 21.8 Å². The normalized spacial score (nSPS) is 13.3. The minimum atomic E-state index is -0.120. The number of furan rings is 1. The quantitative estimate of drug-likeness (QED) is 0.170. The van der Waals surface area contributed by atoms with Gasteiger partial charge in [0.2, 0.25) is 0 Å². The molecule has 0 spiro atoms. The fourth-order valence-corrected chi connectivity index (χ4v) is 9.33. The number of fused-ring (bicyclic) bond motifs is 10. The first-order valence-corrected chi connectivity index (χ1v) is 18.6. The van der Waals surface area contributed by atoms with Crippen molar-refractivity contribution in [3.8, 4) is 44.5 Å². The number of aryl methyl sites for hydroxylation is 1. The van der Waals surface area contributed by atoms with Gasteiger partial charge in [-0.15, -0.1) is 0 Å². The minimum absolute atomic E-state index is 0.120. The van der Waals surface area contributed by atoms with Crippen LogP contribution in [0.3, 0.4) is 0 Å². The van der Waals surface area contributed by atoms with Gasteiger partial charge in [0.05, 0.1) is 0 Å². The van der Waals surface area contributed by atoms with Gasteiger partial charge in [0.15, 0.2) is 0 Å². The van der Waals surface area contributed by atoms with Crippen LogP contribution in [-0.4, -0.2) is 0 Å². The molecular formula is C52H36O. The van der Waals surface area contributed by atoms with Crippen molar-refractivity contribution >= 4 is 54.3 Å². The molecule has 0 bridgehead atoms. The van der Waals surface area contributed by atoms with E-state index >= 15 is 0 Å². The van der Waals surface area contributed by atoms with E-state index in [9.17, 15) is 0 Å². The van der Waals surface area contributed by atoms with Gasteiger partial charge in [-0.1, -0.05) is 159 Å². The predicted molar refractivity (Wildman–Crippen MR) is 225 cm³/mol. The summed E-state index contributed by atoms with van der Waals surface area (Å²) in [5.41, 5.74) is 15.7. The average molecular weight is 677 g/mol. The zero-order valence-corrected chi connectivity index (χ0v) is 30.0. The standard InChI is InChI=1S/C52H36O/c1-31-20-22-33(23-21-31)43-28-35(29-44-37-14-10-11-19-47(37)53-51(43)44)49-40-17-8-6-15-38(40)48(39-16-7-9-18-41(39)49)34-24-26-42-46(30-34)52(2,3)45-27-25-32-12-4-5-13-36(32)50(42)45/h4-30H,1-3H3. The molecule has 11 rings (SSSR count). The summed E-state index contributed by atoms with van der Waals surface area (Å²) in [5, 5.41) is 9.91. The molecule has 0 N–H and O–H groups in total. The highest BCUT2D eigenvalue weighted by atomic mass is 16.3. The van der Waals surface area contributed by atoms with Crippen molar-refractivity contribution in [2.24, 2.45) is 0 Å². The third-order valence-corrected chi connectivity index (χ3v) is 11.9. The van der Waals surface area contributed by atoms with Gasteiger partial charge in [0.1, 0.15) is 11.2 Å². The Hall–Kier alpha value is -6.44. The lowest BCUT2D eigenvalue weighted by molar-refractivity contribution is 0.661. The SMILES string of the molecule is Cc1ccc(-c2cc(-c3c4ccccc4c(-c4ccc5c(c4)C(C)(C)c4ccc6ccccc6c4-5)c4ccccc34)cc3c2oc2ccccc23)cc1. The van der Waals surface area contributed by atoms with Crippen LogP contribution in [0, 0.1) is 6.92 Å². The zero-order valence-electron chi connectivity index (χ0n) is 30.0. The Kier molecular flexibility index (Phi) is 6.29. The molecule has 0 aliphatic heterocycles. The molecule has 1 aromatic heterocycles. The van der Waals surface area contributed by atoms with E-state index in [2.05, 4.69) is 185 Å². The average Bonchev–Trinajstić information content (AvgIpc) is 3.68. The first-order valence-electron chi connectivity index (χ1n) is 18.6. The lowest BCUT2D eigenvalue weighted by Crippen LogP contribution is -2.15. The lowest BCUT2D eigenvalue weighted by Gasteiger charge is -2.23. The van der Waals surface area contributed by atoms with Crippen LogP contribution in [0.2, 0.25) is 0 Å². The molecule has 0 radical (unpaired) electrons. The molecule has 10 aromatic rings. The molecule has 0 amide bonds. The molecule has 0 saturated carbocycles. The summed E-state index contributed by atoms with van der Waals surface area (Å²) >= 11 is 0. The van der Waals surface area contributed by atoms with Gasteiger partial charge in [-0.3, -0.25) is 0 Å². The molecule has 9 aromatic carbocycles. The third-order valence-electron chi connectivity index (χ3n) is 11.9. The second-order valence-electron chi connectivity index (χ2n) is 15.3. The summed E-state index contributed by atoms with van der Waals surface area (Å²) in [6, 6.07) is 60.6. The van der Waals surface area contributed by atoms with Crippen LogP contribution in [0.4, 0.5) is 0 Å². The fourth-order valence-electron chi connectivity index (χ4n) is 9.33. The van der Waals surface area contributed by atoms with Crippen LogP contribution in [-0.2, 0) is 5.41 Å². The number of benzene rings is 9. The molecule has 53 heavy (non-hydrogen) atoms. The Morgan fingerprint density at radius 1 is 0.396 bits per heavy atom. The molecule has 1 nitrogen and oxygen atoms in total. The van der Waals surface area contributed by atoms with Crippen molar-refractivity contribution in [1.29, 1.82) is 0 Å². The fraction of sp³-hybridized carbons (Fsp3) is 0.0769. The molecule has 1 heteroatoms. The summed E-state index contributed by atoms with van der Waals surface area (Å²) in [4.78, 5) is 0. The maximum absolute atomic E-state index is 6.61. The van der Waals surface area contributed by atoms with Gasteiger partial charge in [-0.25, -0.2) is 0 Å². The van der Waals surface area contributed by atoms with E-state index in [4.69, 9.17) is 4.42 Å². The summed E-state index contributed by atoms with van der Waals surface area (Å²) in [6.07, 6.45) is 0. The van der Waals surface area contributed by atoms with Gasteiger partial charge in [0.25, 0.3) is 0 Å². The zero-order chi connectivity index (χ0) is 35.4. The van der Waals surface area contributed by atoms with Crippen LogP contribution >= 0.6 is 0 Å². The van der Waals surface area contributed by atoms with Gasteiger partial charge >= 0.3 is 0 Å². The second kappa shape index (κ2) is 11.0. The number of hydrogen-bond acceptors (Lipinski definition) is 1. The Bertz CT molecular complexity index is 3080. The van der Waals surface area contributed by atoms with Gasteiger partial charge in [-0.2, -0.15) is 0 Å². The Labute approximate surface area is 308 Å². The van der Waals surface area contributed by atoms with E-state index in [1.54, 1.807) is 0 Å². The first-order chi connectivity index (χ1) is 26.0. The summed E-state index contributed by atoms with van der Waals surface area (Å²) in [6.45, 7) is 6.91. The van der Waals surface area contributed by atoms with Crippen LogP contribution in [0.15, 0.2) is 168 Å². The molecule has 1 heterocycles. The highest BCUT2D eigenvalue weighted by Crippen LogP contribution is 2.53. The Balaban J connectivity index is 1.20. The molecule has 0 unspecified atom stereocenters. The van der Waals surface area contributed by atoms with Crippen molar-refractivity contribution < 1.29 is 4.42 Å². The maximum atomic E-state index is 6.61. The van der Waals surface area contributed by atoms with Crippen LogP contribution in [0.25, 0.3) is 98.8 Å². The molecule has 1 aliphatic rings. The van der Waals surface area contributed by atoms with Crippen molar-refractivity contribution in [1.82, 2.24) is 0 Å². The number of hydrogen-bond donors (Lipinski definition) is 0. The van der Waals surface area contributed by atoms with Crippen molar-refractivity contribution in [2.75, 3.05) is 0 Å². The summed E-state index contributed by atoms with van der Waals surface area (Å²) in [7, 11) is 0. The Morgan fingerprint density at radius 2 is 0.981 bits per heavy atom. The summed E-state index contributed by atoms with van der Waals surface area (Å²) < 4.78 is 6.61. The molecule has 250 valence electrons. The minimum Gasteiger partial charge on any atom is -0.455 e. The smallest absolute Gasteiger partial charge is 0.143 e. The summed E-state index contributed by atoms with van der Waals surface area (Å²) in [5.74, 6) is 0. The topological polar surface area (TPSA) is 13.1 Å². The highest BCUT2D eigenvalue weighted by Gasteiger charge is 2.37. The van der Waals surface area contributed by atoms with Crippen molar-refractivity contribution in [3.63, 3.8) is 0 Å². The van der Waals surface area contributed by atoms with Crippen LogP contribution in [0.1, 0.15) is 30.5 Å². The van der Waals surface area contributed by atoms with Crippen LogP contribution in [0.5, 0.6) is 0 Å². The van der Waals surface area contributed by atoms with E-state index in [0.29, 0.717) is 0 Å². The van der Waals surface area contributed by atoms with E-state index < -0.39 is 0 Å². The number of para-hydroxylation sites is 1. The van der Waals surface area contributed by atoms with E-state index in [-0.39, 0.29) is 5.41 Å². The Morgan fingerprint density at radius 3 is 1.68 bits per heavy atom. The van der Waals surface area contributed by atoms with E-state index in [0.717, 1.165) is 33.1 Å². The van der Waals surface area contributed by atoms with Crippen LogP contribution < -0.4 is 0 Å². The van der Waals surface area contributed by atoms with Gasteiger partial charge in [-0.05, 0) is 114 Å². The van der Waals surface area contributed by atoms with Gasteiger partial charge < -0.3 is 4.42 Å². The highest BCUT2D eigenvalue weighted by molar-refractivity contribution is 6.23.